The minimum atomic E-state index is 0. The summed E-state index contributed by atoms with van der Waals surface area (Å²) in [6, 6.07) is 9.96. The van der Waals surface area contributed by atoms with Gasteiger partial charge in [0.1, 0.15) is 0 Å². The number of aryl methyl sites for hydroxylation is 1. The van der Waals surface area contributed by atoms with E-state index < -0.39 is 0 Å². The van der Waals surface area contributed by atoms with Gasteiger partial charge in [-0.15, -0.1) is 12.4 Å². The first-order chi connectivity index (χ1) is 10.6. The Bertz CT molecular complexity index is 522. The zero-order valence-corrected chi connectivity index (χ0v) is 15.0. The number of piperidine rings is 1. The number of hydrogen-bond donors (Lipinski definition) is 2. The van der Waals surface area contributed by atoms with Crippen molar-refractivity contribution in [2.24, 2.45) is 5.92 Å². The molecule has 2 saturated heterocycles. The van der Waals surface area contributed by atoms with Gasteiger partial charge in [0.15, 0.2) is 0 Å². The van der Waals surface area contributed by atoms with Gasteiger partial charge in [-0.2, -0.15) is 0 Å². The van der Waals surface area contributed by atoms with E-state index in [1.807, 2.05) is 0 Å². The fraction of sp³-hybridized carbons (Fsp3) is 0.632. The van der Waals surface area contributed by atoms with Gasteiger partial charge in [-0.25, -0.2) is 0 Å². The highest BCUT2D eigenvalue weighted by atomic mass is 35.5. The summed E-state index contributed by atoms with van der Waals surface area (Å²) in [4.78, 5) is 12.3. The number of fused-ring (bicyclic) bond motifs is 2. The lowest BCUT2D eigenvalue weighted by molar-refractivity contribution is -0.122. The number of hydrogen-bond acceptors (Lipinski definition) is 2. The van der Waals surface area contributed by atoms with Crippen LogP contribution in [0.5, 0.6) is 0 Å². The standard InChI is InChI=1S/C19H28N2O.ClH/c1-13-5-3-4-6-16(13)9-14(2)20-19(22)12-15-10-17-7-8-18(11-15)21-17;/h3-6,14-15,17-18,21H,7-12H2,1-2H3,(H,20,22);1H. The van der Waals surface area contributed by atoms with E-state index >= 15 is 0 Å². The lowest BCUT2D eigenvalue weighted by atomic mass is 9.89. The van der Waals surface area contributed by atoms with Crippen LogP contribution in [0, 0.1) is 12.8 Å². The van der Waals surface area contributed by atoms with Gasteiger partial charge in [0.2, 0.25) is 5.91 Å². The Kier molecular flexibility index (Phi) is 6.49. The van der Waals surface area contributed by atoms with Crippen molar-refractivity contribution in [2.45, 2.75) is 70.5 Å². The van der Waals surface area contributed by atoms with E-state index in [1.54, 1.807) is 0 Å². The number of rotatable bonds is 5. The van der Waals surface area contributed by atoms with Crippen molar-refractivity contribution in [1.82, 2.24) is 10.6 Å². The highest BCUT2D eigenvalue weighted by Crippen LogP contribution is 2.32. The van der Waals surface area contributed by atoms with Gasteiger partial charge in [0, 0.05) is 24.5 Å². The first-order valence-corrected chi connectivity index (χ1v) is 8.70. The average Bonchev–Trinajstić information content (AvgIpc) is 2.80. The van der Waals surface area contributed by atoms with Crippen LogP contribution in [-0.2, 0) is 11.2 Å². The molecule has 128 valence electrons. The molecule has 0 aliphatic carbocycles. The van der Waals surface area contributed by atoms with E-state index in [1.165, 1.54) is 36.8 Å². The Morgan fingerprint density at radius 1 is 1.26 bits per heavy atom. The topological polar surface area (TPSA) is 41.1 Å². The summed E-state index contributed by atoms with van der Waals surface area (Å²) in [6.07, 6.45) is 6.56. The van der Waals surface area contributed by atoms with Crippen LogP contribution in [0.1, 0.15) is 50.2 Å². The predicted molar refractivity (Wildman–Crippen MR) is 97.0 cm³/mol. The monoisotopic (exact) mass is 336 g/mol. The first-order valence-electron chi connectivity index (χ1n) is 8.70. The second-order valence-corrected chi connectivity index (χ2v) is 7.28. The molecule has 1 aromatic rings. The largest absolute Gasteiger partial charge is 0.353 e. The molecule has 0 spiro atoms. The molecule has 2 aliphatic rings. The molecule has 0 saturated carbocycles. The Balaban J connectivity index is 0.00000192. The Morgan fingerprint density at radius 3 is 2.57 bits per heavy atom. The van der Waals surface area contributed by atoms with Crippen LogP contribution in [0.15, 0.2) is 24.3 Å². The lowest BCUT2D eigenvalue weighted by Gasteiger charge is -2.29. The number of halogens is 1. The summed E-state index contributed by atoms with van der Waals surface area (Å²) in [6.45, 7) is 4.24. The molecule has 3 atom stereocenters. The normalized spacial score (nSPS) is 27.1. The summed E-state index contributed by atoms with van der Waals surface area (Å²) < 4.78 is 0. The van der Waals surface area contributed by atoms with E-state index in [0.717, 1.165) is 6.42 Å². The SMILES string of the molecule is Cc1ccccc1CC(C)NC(=O)CC1CC2CCC(C1)N2.Cl. The summed E-state index contributed by atoms with van der Waals surface area (Å²) in [5.74, 6) is 0.803. The number of amides is 1. The molecule has 0 aromatic heterocycles. The number of carbonyl (C=O) groups is 1. The van der Waals surface area contributed by atoms with Gasteiger partial charge < -0.3 is 10.6 Å². The van der Waals surface area contributed by atoms with Gasteiger partial charge in [-0.3, -0.25) is 4.79 Å². The fourth-order valence-corrected chi connectivity index (χ4v) is 4.16. The Labute approximate surface area is 146 Å². The highest BCUT2D eigenvalue weighted by molar-refractivity contribution is 5.85. The molecule has 2 heterocycles. The average molecular weight is 337 g/mol. The second kappa shape index (κ2) is 8.16. The smallest absolute Gasteiger partial charge is 0.220 e. The molecular weight excluding hydrogens is 308 g/mol. The molecular formula is C19H29ClN2O. The maximum Gasteiger partial charge on any atom is 0.220 e. The van der Waals surface area contributed by atoms with Gasteiger partial charge in [0.05, 0.1) is 0 Å². The molecule has 1 amide bonds. The lowest BCUT2D eigenvalue weighted by Crippen LogP contribution is -2.41. The van der Waals surface area contributed by atoms with Crippen molar-refractivity contribution in [3.8, 4) is 0 Å². The quantitative estimate of drug-likeness (QED) is 0.865. The Morgan fingerprint density at radius 2 is 1.91 bits per heavy atom. The molecule has 2 fully saturated rings. The van der Waals surface area contributed by atoms with E-state index in [4.69, 9.17) is 0 Å². The molecule has 4 heteroatoms. The van der Waals surface area contributed by atoms with Crippen molar-refractivity contribution >= 4 is 18.3 Å². The van der Waals surface area contributed by atoms with Gasteiger partial charge in [0.25, 0.3) is 0 Å². The second-order valence-electron chi connectivity index (χ2n) is 7.28. The molecule has 23 heavy (non-hydrogen) atoms. The molecule has 3 rings (SSSR count). The zero-order chi connectivity index (χ0) is 15.5. The molecule has 1 aromatic carbocycles. The third-order valence-corrected chi connectivity index (χ3v) is 5.24. The highest BCUT2D eigenvalue weighted by Gasteiger charge is 2.34. The molecule has 2 bridgehead atoms. The summed E-state index contributed by atoms with van der Waals surface area (Å²) in [5, 5.41) is 6.84. The van der Waals surface area contributed by atoms with Crippen LogP contribution in [0.4, 0.5) is 0 Å². The van der Waals surface area contributed by atoms with Crippen LogP contribution < -0.4 is 10.6 Å². The van der Waals surface area contributed by atoms with E-state index in [2.05, 4.69) is 48.7 Å². The number of benzene rings is 1. The third-order valence-electron chi connectivity index (χ3n) is 5.24. The van der Waals surface area contributed by atoms with E-state index in [-0.39, 0.29) is 24.4 Å². The van der Waals surface area contributed by atoms with Crippen LogP contribution >= 0.6 is 12.4 Å². The fourth-order valence-electron chi connectivity index (χ4n) is 4.16. The molecule has 2 aliphatic heterocycles. The third kappa shape index (κ3) is 4.95. The van der Waals surface area contributed by atoms with Crippen molar-refractivity contribution in [1.29, 1.82) is 0 Å². The van der Waals surface area contributed by atoms with Crippen LogP contribution in [0.2, 0.25) is 0 Å². The van der Waals surface area contributed by atoms with Crippen LogP contribution in [0.25, 0.3) is 0 Å². The zero-order valence-electron chi connectivity index (χ0n) is 14.2. The summed E-state index contributed by atoms with van der Waals surface area (Å²) in [7, 11) is 0. The van der Waals surface area contributed by atoms with Crippen molar-refractivity contribution in [2.75, 3.05) is 0 Å². The van der Waals surface area contributed by atoms with Crippen molar-refractivity contribution in [3.05, 3.63) is 35.4 Å². The van der Waals surface area contributed by atoms with Gasteiger partial charge >= 0.3 is 0 Å². The van der Waals surface area contributed by atoms with Crippen molar-refractivity contribution < 1.29 is 4.79 Å². The molecule has 0 radical (unpaired) electrons. The maximum atomic E-state index is 12.3. The van der Waals surface area contributed by atoms with Crippen LogP contribution in [-0.4, -0.2) is 24.0 Å². The first kappa shape index (κ1) is 18.3. The molecule has 3 nitrogen and oxygen atoms in total. The van der Waals surface area contributed by atoms with Crippen molar-refractivity contribution in [3.63, 3.8) is 0 Å². The van der Waals surface area contributed by atoms with Crippen LogP contribution in [0.3, 0.4) is 0 Å². The number of nitrogens with one attached hydrogen (secondary N) is 2. The molecule has 3 unspecified atom stereocenters. The minimum Gasteiger partial charge on any atom is -0.353 e. The Hall–Kier alpha value is -1.06. The minimum absolute atomic E-state index is 0. The maximum absolute atomic E-state index is 12.3. The van der Waals surface area contributed by atoms with Gasteiger partial charge in [-0.1, -0.05) is 24.3 Å². The predicted octanol–water partition coefficient (Wildman–Crippen LogP) is 3.38. The van der Waals surface area contributed by atoms with E-state index in [9.17, 15) is 4.79 Å². The number of carbonyl (C=O) groups excluding carboxylic acids is 1. The summed E-state index contributed by atoms with van der Waals surface area (Å²) >= 11 is 0. The molecule has 2 N–H and O–H groups in total. The van der Waals surface area contributed by atoms with Gasteiger partial charge in [-0.05, 0) is 63.0 Å². The van der Waals surface area contributed by atoms with E-state index in [0.29, 0.717) is 24.4 Å². The summed E-state index contributed by atoms with van der Waals surface area (Å²) in [5.41, 5.74) is 2.63.